The van der Waals surface area contributed by atoms with Crippen molar-refractivity contribution < 1.29 is 9.59 Å². The van der Waals surface area contributed by atoms with Gasteiger partial charge in [-0.2, -0.15) is 0 Å². The van der Waals surface area contributed by atoms with Crippen LogP contribution in [-0.2, 0) is 9.59 Å². The van der Waals surface area contributed by atoms with Crippen molar-refractivity contribution in [3.8, 4) is 0 Å². The predicted molar refractivity (Wildman–Crippen MR) is 149 cm³/mol. The van der Waals surface area contributed by atoms with Crippen molar-refractivity contribution in [1.82, 2.24) is 0 Å². The Morgan fingerprint density at radius 2 is 1.29 bits per heavy atom. The Morgan fingerprint density at radius 3 is 1.86 bits per heavy atom. The van der Waals surface area contributed by atoms with Gasteiger partial charge in [0.25, 0.3) is 0 Å². The summed E-state index contributed by atoms with van der Waals surface area (Å²) in [7, 11) is 0. The molecule has 8 atom stereocenters. The molecule has 0 bridgehead atoms. The van der Waals surface area contributed by atoms with E-state index in [2.05, 4.69) is 46.9 Å². The van der Waals surface area contributed by atoms with Gasteiger partial charge in [0, 0.05) is 11.8 Å². The predicted octanol–water partition coefficient (Wildman–Crippen LogP) is 8.36. The molecular weight excluding hydrogens is 430 g/mol. The number of rotatable bonds is 0. The van der Waals surface area contributed by atoms with Crippen molar-refractivity contribution in [2.75, 3.05) is 0 Å². The van der Waals surface area contributed by atoms with Crippen LogP contribution in [-0.4, -0.2) is 12.2 Å². The first-order valence-electron chi connectivity index (χ1n) is 14.7. The maximum absolute atomic E-state index is 12.7. The smallest absolute Gasteiger partial charge is 0.204 e. The Labute approximate surface area is 217 Å². The molecule has 5 fully saturated rings. The number of primary amides is 1. The molecule has 3 heteroatoms. The van der Waals surface area contributed by atoms with Crippen LogP contribution in [0.25, 0.3) is 0 Å². The molecule has 0 aromatic carbocycles. The van der Waals surface area contributed by atoms with E-state index in [0.717, 1.165) is 30.1 Å². The maximum atomic E-state index is 12.7. The Balaban J connectivity index is 0.000000484. The number of allylic oxidation sites excluding steroid dienone is 1. The van der Waals surface area contributed by atoms with E-state index in [0.29, 0.717) is 27.9 Å². The van der Waals surface area contributed by atoms with Crippen LogP contribution >= 0.6 is 0 Å². The van der Waals surface area contributed by atoms with Crippen molar-refractivity contribution in [2.45, 2.75) is 126 Å². The molecule has 0 saturated heterocycles. The number of amides is 1. The zero-order valence-corrected chi connectivity index (χ0v) is 24.4. The Hall–Kier alpha value is -1.12. The van der Waals surface area contributed by atoms with Gasteiger partial charge in [0.05, 0.1) is 0 Å². The Kier molecular flexibility index (Phi) is 9.90. The van der Waals surface area contributed by atoms with Gasteiger partial charge in [-0.25, -0.2) is 0 Å². The van der Waals surface area contributed by atoms with Gasteiger partial charge < -0.3 is 5.73 Å². The van der Waals surface area contributed by atoms with Gasteiger partial charge in [-0.1, -0.05) is 61.0 Å². The molecule has 3 nitrogen and oxygen atoms in total. The summed E-state index contributed by atoms with van der Waals surface area (Å²) in [6, 6.07) is 0. The van der Waals surface area contributed by atoms with E-state index in [9.17, 15) is 4.79 Å². The molecule has 5 aliphatic rings. The topological polar surface area (TPSA) is 60.2 Å². The third-order valence-electron chi connectivity index (χ3n) is 11.7. The van der Waals surface area contributed by atoms with E-state index in [1.54, 1.807) is 6.08 Å². The molecule has 0 heterocycles. The molecule has 5 saturated carbocycles. The fraction of sp³-hybridized carbons (Fsp3) is 0.875. The SMILES string of the molecule is C=CC.CC.CC12CCCC1C1CCC3C(CCC4C(C)(C)C(=O)CCC34C)[C@]1(C)CC2.NC=O. The summed E-state index contributed by atoms with van der Waals surface area (Å²) >= 11 is 0. The molecule has 202 valence electrons. The largest absolute Gasteiger partial charge is 0.372 e. The van der Waals surface area contributed by atoms with Crippen molar-refractivity contribution in [3.05, 3.63) is 12.7 Å². The minimum absolute atomic E-state index is 0.0910. The summed E-state index contributed by atoms with van der Waals surface area (Å²) in [5.41, 5.74) is 5.73. The molecule has 5 aliphatic carbocycles. The molecule has 7 unspecified atom stereocenters. The zero-order chi connectivity index (χ0) is 26.7. The van der Waals surface area contributed by atoms with E-state index in [-0.39, 0.29) is 11.8 Å². The van der Waals surface area contributed by atoms with E-state index < -0.39 is 0 Å². The third kappa shape index (κ3) is 5.04. The number of hydrogen-bond acceptors (Lipinski definition) is 2. The number of hydrogen-bond donors (Lipinski definition) is 1. The van der Waals surface area contributed by atoms with Crippen LogP contribution in [0.3, 0.4) is 0 Å². The highest BCUT2D eigenvalue weighted by Crippen LogP contribution is 2.72. The maximum Gasteiger partial charge on any atom is 0.204 e. The summed E-state index contributed by atoms with van der Waals surface area (Å²) in [5, 5.41) is 0. The summed E-state index contributed by atoms with van der Waals surface area (Å²) in [6.45, 7) is 21.7. The second kappa shape index (κ2) is 11.5. The third-order valence-corrected chi connectivity index (χ3v) is 11.7. The minimum Gasteiger partial charge on any atom is -0.372 e. The highest BCUT2D eigenvalue weighted by molar-refractivity contribution is 5.85. The Morgan fingerprint density at radius 1 is 0.800 bits per heavy atom. The number of ketones is 1. The van der Waals surface area contributed by atoms with E-state index >= 15 is 0 Å². The molecule has 0 spiro atoms. The van der Waals surface area contributed by atoms with Gasteiger partial charge >= 0.3 is 0 Å². The average molecular weight is 488 g/mol. The highest BCUT2D eigenvalue weighted by atomic mass is 16.1. The van der Waals surface area contributed by atoms with Crippen LogP contribution in [0.1, 0.15) is 126 Å². The van der Waals surface area contributed by atoms with Gasteiger partial charge in [-0.05, 0) is 111 Å². The molecular formula is C32H57NO2. The normalized spacial score (nSPS) is 44.6. The number of nitrogens with two attached hydrogens (primary N) is 1. The molecule has 0 aromatic heterocycles. The standard InChI is InChI=1S/C26H42O.C3H6.C2H6.CH3NO/c1-23(2)21-11-10-19-20(26(21,5)14-12-22(23)27)9-8-18-17-7-6-13-24(17,3)15-16-25(18,19)4;1-3-2;1-2;2-1-3/h17-21H,6-16H2,1-5H3;3H,1H2,2H3;1-2H3;1H,(H2,2,3)/t17?,18?,19?,20?,21?,24?,25-,26?;;;/m1.../s1. The highest BCUT2D eigenvalue weighted by Gasteiger charge is 2.65. The van der Waals surface area contributed by atoms with Crippen LogP contribution in [0.4, 0.5) is 0 Å². The van der Waals surface area contributed by atoms with Gasteiger partial charge in [-0.15, -0.1) is 6.58 Å². The first kappa shape index (κ1) is 30.1. The summed E-state index contributed by atoms with van der Waals surface area (Å²) in [5.74, 6) is 4.95. The van der Waals surface area contributed by atoms with Gasteiger partial charge in [0.1, 0.15) is 5.78 Å². The fourth-order valence-electron chi connectivity index (χ4n) is 10.2. The molecule has 35 heavy (non-hydrogen) atoms. The van der Waals surface area contributed by atoms with Crippen molar-refractivity contribution >= 4 is 12.2 Å². The lowest BCUT2D eigenvalue weighted by Crippen LogP contribution is -2.61. The van der Waals surface area contributed by atoms with Gasteiger partial charge in [-0.3, -0.25) is 9.59 Å². The Bertz CT molecular complexity index is 738. The van der Waals surface area contributed by atoms with Crippen LogP contribution in [0.15, 0.2) is 12.7 Å². The summed E-state index contributed by atoms with van der Waals surface area (Å²) < 4.78 is 0. The first-order chi connectivity index (χ1) is 16.5. The van der Waals surface area contributed by atoms with Crippen LogP contribution in [0.5, 0.6) is 0 Å². The van der Waals surface area contributed by atoms with Crippen LogP contribution in [0.2, 0.25) is 0 Å². The molecule has 0 aromatic rings. The van der Waals surface area contributed by atoms with Crippen molar-refractivity contribution in [3.63, 3.8) is 0 Å². The number of fused-ring (bicyclic) bond motifs is 7. The van der Waals surface area contributed by atoms with Crippen molar-refractivity contribution in [1.29, 1.82) is 0 Å². The van der Waals surface area contributed by atoms with Gasteiger partial charge in [0.2, 0.25) is 6.41 Å². The lowest BCUT2D eigenvalue weighted by molar-refractivity contribution is -0.188. The lowest BCUT2D eigenvalue weighted by atomic mass is 9.37. The first-order valence-corrected chi connectivity index (χ1v) is 14.7. The fourth-order valence-corrected chi connectivity index (χ4v) is 10.2. The second-order valence-electron chi connectivity index (χ2n) is 13.4. The monoisotopic (exact) mass is 487 g/mol. The van der Waals surface area contributed by atoms with Crippen LogP contribution in [0, 0.1) is 51.2 Å². The number of Topliss-reactive ketones (excluding diaryl/α,β-unsaturated/α-hetero) is 1. The van der Waals surface area contributed by atoms with E-state index in [1.165, 1.54) is 64.2 Å². The number of carbonyl (C=O) groups excluding carboxylic acids is 2. The quantitative estimate of drug-likeness (QED) is 0.275. The van der Waals surface area contributed by atoms with E-state index in [4.69, 9.17) is 4.79 Å². The molecule has 0 radical (unpaired) electrons. The van der Waals surface area contributed by atoms with Crippen molar-refractivity contribution in [2.24, 2.45) is 57.0 Å². The zero-order valence-electron chi connectivity index (χ0n) is 24.4. The molecule has 0 aliphatic heterocycles. The molecule has 5 rings (SSSR count). The van der Waals surface area contributed by atoms with E-state index in [1.807, 2.05) is 20.8 Å². The summed E-state index contributed by atoms with van der Waals surface area (Å²) in [4.78, 5) is 21.3. The van der Waals surface area contributed by atoms with Crippen LogP contribution < -0.4 is 5.73 Å². The van der Waals surface area contributed by atoms with Gasteiger partial charge in [0.15, 0.2) is 0 Å². The second-order valence-corrected chi connectivity index (χ2v) is 13.4. The average Bonchev–Trinajstić information content (AvgIpc) is 3.21. The minimum atomic E-state index is -0.0910. The lowest BCUT2D eigenvalue weighted by Gasteiger charge is -2.67. The molecule has 2 N–H and O–H groups in total. The summed E-state index contributed by atoms with van der Waals surface area (Å²) in [6.07, 6.45) is 17.1. The molecule has 1 amide bonds. The number of carbonyl (C=O) groups is 2.